The van der Waals surface area contributed by atoms with E-state index in [-0.39, 0.29) is 28.0 Å². The van der Waals surface area contributed by atoms with Gasteiger partial charge in [-0.2, -0.15) is 0 Å². The number of anilines is 1. The molecule has 2 aromatic heterocycles. The highest BCUT2D eigenvalue weighted by Crippen LogP contribution is 2.44. The Hall–Kier alpha value is -3.20. The molecule has 3 atom stereocenters. The second-order valence-corrected chi connectivity index (χ2v) is 9.58. The molecule has 3 aromatic rings. The number of piperidine rings is 1. The molecule has 1 aromatic carbocycles. The molecule has 2 fully saturated rings. The van der Waals surface area contributed by atoms with Crippen molar-refractivity contribution in [1.29, 1.82) is 0 Å². The van der Waals surface area contributed by atoms with Crippen LogP contribution in [0.2, 0.25) is 0 Å². The summed E-state index contributed by atoms with van der Waals surface area (Å²) in [7, 11) is 2.05. The molecule has 2 bridgehead atoms. The summed E-state index contributed by atoms with van der Waals surface area (Å²) in [5.74, 6) is 0.157. The lowest BCUT2D eigenvalue weighted by atomic mass is 9.84. The van der Waals surface area contributed by atoms with Gasteiger partial charge >= 0.3 is 0 Å². The molecular formula is C23H26FN7O. The molecule has 32 heavy (non-hydrogen) atoms. The van der Waals surface area contributed by atoms with Crippen molar-refractivity contribution >= 4 is 5.82 Å². The number of phenols is 1. The lowest BCUT2D eigenvalue weighted by Crippen LogP contribution is -2.58. The van der Waals surface area contributed by atoms with E-state index in [9.17, 15) is 9.50 Å². The first-order valence-corrected chi connectivity index (χ1v) is 10.8. The molecule has 0 spiro atoms. The number of halogens is 1. The highest BCUT2D eigenvalue weighted by molar-refractivity contribution is 5.74. The second-order valence-electron chi connectivity index (χ2n) is 9.58. The molecule has 2 N–H and O–H groups in total. The topological polar surface area (TPSA) is 100.0 Å². The number of aromatic nitrogens is 5. The standard InChI is InChI=1S/C23H26FN7O/c1-22-6-7-23(2,29-22)11-15(10-22)31(3)21-5-4-19(27-28-21)17-8-18(24)16(9-20(17)32)14-12-25-30-26-13-14/h4-5,8-9,12-13,15,29,32H,6-7,10-11H2,1-3H3/t15?,22-,23+. The highest BCUT2D eigenvalue weighted by atomic mass is 19.1. The molecule has 5 rings (SSSR count). The van der Waals surface area contributed by atoms with Gasteiger partial charge in [0.15, 0.2) is 5.82 Å². The monoisotopic (exact) mass is 435 g/mol. The van der Waals surface area contributed by atoms with Crippen LogP contribution in [0.5, 0.6) is 5.75 Å². The molecule has 0 amide bonds. The van der Waals surface area contributed by atoms with E-state index in [1.54, 1.807) is 6.07 Å². The molecule has 8 nitrogen and oxygen atoms in total. The van der Waals surface area contributed by atoms with Gasteiger partial charge in [0.2, 0.25) is 0 Å². The number of rotatable bonds is 4. The van der Waals surface area contributed by atoms with Crippen molar-refractivity contribution < 1.29 is 9.50 Å². The van der Waals surface area contributed by atoms with Crippen LogP contribution in [0.3, 0.4) is 0 Å². The van der Waals surface area contributed by atoms with Crippen LogP contribution < -0.4 is 10.2 Å². The van der Waals surface area contributed by atoms with Crippen LogP contribution in [0.25, 0.3) is 22.4 Å². The molecule has 4 heterocycles. The number of nitrogens with one attached hydrogen (secondary N) is 1. The van der Waals surface area contributed by atoms with Crippen LogP contribution >= 0.6 is 0 Å². The minimum absolute atomic E-state index is 0.0932. The molecule has 0 radical (unpaired) electrons. The Labute approximate surface area is 185 Å². The largest absolute Gasteiger partial charge is 0.507 e. The van der Waals surface area contributed by atoms with Crippen LogP contribution in [0.1, 0.15) is 39.5 Å². The van der Waals surface area contributed by atoms with Crippen LogP contribution in [-0.2, 0) is 0 Å². The minimum Gasteiger partial charge on any atom is -0.507 e. The Balaban J connectivity index is 1.39. The summed E-state index contributed by atoms with van der Waals surface area (Å²) < 4.78 is 14.8. The van der Waals surface area contributed by atoms with E-state index in [1.165, 1.54) is 37.4 Å². The van der Waals surface area contributed by atoms with Gasteiger partial charge in [-0.15, -0.1) is 20.4 Å². The maximum absolute atomic E-state index is 14.8. The zero-order valence-electron chi connectivity index (χ0n) is 18.4. The van der Waals surface area contributed by atoms with E-state index in [1.807, 2.05) is 6.07 Å². The third-order valence-corrected chi connectivity index (χ3v) is 6.93. The maximum Gasteiger partial charge on any atom is 0.151 e. The van der Waals surface area contributed by atoms with Gasteiger partial charge in [-0.3, -0.25) is 0 Å². The summed E-state index contributed by atoms with van der Waals surface area (Å²) in [6, 6.07) is 6.60. The fourth-order valence-electron chi connectivity index (χ4n) is 5.31. The third kappa shape index (κ3) is 3.66. The van der Waals surface area contributed by atoms with Gasteiger partial charge in [-0.1, -0.05) is 0 Å². The van der Waals surface area contributed by atoms with Crippen LogP contribution in [-0.4, -0.2) is 54.9 Å². The molecular weight excluding hydrogens is 409 g/mol. The fourth-order valence-corrected chi connectivity index (χ4v) is 5.31. The Morgan fingerprint density at radius 2 is 1.72 bits per heavy atom. The number of benzene rings is 1. The van der Waals surface area contributed by atoms with E-state index in [0.29, 0.717) is 17.3 Å². The van der Waals surface area contributed by atoms with Gasteiger partial charge in [-0.05, 0) is 69.0 Å². The Morgan fingerprint density at radius 3 is 2.34 bits per heavy atom. The van der Waals surface area contributed by atoms with E-state index in [2.05, 4.69) is 56.7 Å². The number of fused-ring (bicyclic) bond motifs is 2. The molecule has 0 aliphatic carbocycles. The lowest BCUT2D eigenvalue weighted by molar-refractivity contribution is 0.207. The van der Waals surface area contributed by atoms with Gasteiger partial charge in [0, 0.05) is 40.9 Å². The van der Waals surface area contributed by atoms with Crippen molar-refractivity contribution in [3.63, 3.8) is 0 Å². The number of aromatic hydroxyl groups is 1. The Morgan fingerprint density at radius 1 is 1.03 bits per heavy atom. The zero-order chi connectivity index (χ0) is 22.5. The van der Waals surface area contributed by atoms with E-state index >= 15 is 0 Å². The van der Waals surface area contributed by atoms with Crippen molar-refractivity contribution in [2.24, 2.45) is 0 Å². The molecule has 1 unspecified atom stereocenters. The van der Waals surface area contributed by atoms with Crippen molar-refractivity contribution in [2.45, 2.75) is 56.7 Å². The van der Waals surface area contributed by atoms with Crippen LogP contribution in [0.15, 0.2) is 36.7 Å². The van der Waals surface area contributed by atoms with Gasteiger partial charge in [-0.25, -0.2) is 4.39 Å². The van der Waals surface area contributed by atoms with Crippen molar-refractivity contribution in [3.8, 4) is 28.1 Å². The van der Waals surface area contributed by atoms with Crippen molar-refractivity contribution in [1.82, 2.24) is 30.9 Å². The van der Waals surface area contributed by atoms with E-state index in [4.69, 9.17) is 0 Å². The van der Waals surface area contributed by atoms with E-state index < -0.39 is 5.82 Å². The molecule has 0 saturated carbocycles. The summed E-state index contributed by atoms with van der Waals surface area (Å²) in [6.45, 7) is 4.60. The fraction of sp³-hybridized carbons (Fsp3) is 0.435. The van der Waals surface area contributed by atoms with Crippen LogP contribution in [0.4, 0.5) is 10.2 Å². The molecule has 2 aliphatic heterocycles. The summed E-state index contributed by atoms with van der Waals surface area (Å²) in [4.78, 5) is 2.19. The third-order valence-electron chi connectivity index (χ3n) is 6.93. The predicted octanol–water partition coefficient (Wildman–Crippen LogP) is 3.34. The molecule has 2 saturated heterocycles. The average molecular weight is 436 g/mol. The molecule has 9 heteroatoms. The van der Waals surface area contributed by atoms with Gasteiger partial charge in [0.1, 0.15) is 11.6 Å². The summed E-state index contributed by atoms with van der Waals surface area (Å²) in [6.07, 6.45) is 7.25. The van der Waals surface area contributed by atoms with E-state index in [0.717, 1.165) is 18.7 Å². The first-order valence-electron chi connectivity index (χ1n) is 10.8. The first-order chi connectivity index (χ1) is 15.3. The first kappa shape index (κ1) is 20.7. The second kappa shape index (κ2) is 7.44. The van der Waals surface area contributed by atoms with Crippen molar-refractivity contribution in [3.05, 3.63) is 42.5 Å². The predicted molar refractivity (Wildman–Crippen MR) is 119 cm³/mol. The quantitative estimate of drug-likeness (QED) is 0.644. The SMILES string of the molecule is CN(c1ccc(-c2cc(F)c(-c3cnnnc3)cc2O)nn1)C1C[C@]2(C)CC[C@](C)(C1)N2. The maximum atomic E-state index is 14.8. The van der Waals surface area contributed by atoms with Crippen molar-refractivity contribution in [2.75, 3.05) is 11.9 Å². The van der Waals surface area contributed by atoms with Gasteiger partial charge in [0.05, 0.1) is 18.1 Å². The highest BCUT2D eigenvalue weighted by Gasteiger charge is 2.49. The number of phenolic OH excluding ortho intramolecular Hbond substituents is 1. The number of hydrogen-bond donors (Lipinski definition) is 2. The van der Waals surface area contributed by atoms with Gasteiger partial charge < -0.3 is 15.3 Å². The lowest BCUT2D eigenvalue weighted by Gasteiger charge is -2.45. The summed E-state index contributed by atoms with van der Waals surface area (Å²) in [5.41, 5.74) is 1.62. The molecule has 166 valence electrons. The van der Waals surface area contributed by atoms with Gasteiger partial charge in [0.25, 0.3) is 0 Å². The smallest absolute Gasteiger partial charge is 0.151 e. The van der Waals surface area contributed by atoms with Crippen LogP contribution in [0, 0.1) is 5.82 Å². The normalized spacial score (nSPS) is 26.8. The number of nitrogens with zero attached hydrogens (tertiary/aromatic N) is 6. The Bertz CT molecular complexity index is 1130. The number of hydrogen-bond acceptors (Lipinski definition) is 8. The summed E-state index contributed by atoms with van der Waals surface area (Å²) >= 11 is 0. The zero-order valence-corrected chi connectivity index (χ0v) is 18.4. The molecule has 2 aliphatic rings. The minimum atomic E-state index is -0.512. The Kier molecular flexibility index (Phi) is 4.81. The average Bonchev–Trinajstić information content (AvgIpc) is 3.02. The summed E-state index contributed by atoms with van der Waals surface area (Å²) in [5, 5.41) is 33.8.